The van der Waals surface area contributed by atoms with Crippen LogP contribution in [0.2, 0.25) is 10.0 Å². The van der Waals surface area contributed by atoms with Gasteiger partial charge in [0.05, 0.1) is 27.1 Å². The number of esters is 1. The van der Waals surface area contributed by atoms with Gasteiger partial charge in [-0.15, -0.1) is 0 Å². The Morgan fingerprint density at radius 1 is 1.08 bits per heavy atom. The molecule has 0 spiro atoms. The molecule has 9 heteroatoms. The molecule has 0 bridgehead atoms. The molecule has 148 valence electrons. The monoisotopic (exact) mass is 425 g/mol. The fourth-order valence-corrected chi connectivity index (χ4v) is 3.31. The first-order valence-corrected chi connectivity index (χ1v) is 10.2. The number of ether oxygens (including phenoxy) is 2. The quantitative estimate of drug-likeness (QED) is 0.700. The molecule has 1 aromatic carbocycles. The van der Waals surface area contributed by atoms with E-state index in [2.05, 4.69) is 4.72 Å². The van der Waals surface area contributed by atoms with Crippen molar-refractivity contribution in [2.24, 2.45) is 0 Å². The molecule has 0 aliphatic carbocycles. The molecule has 1 rings (SSSR count). The van der Waals surface area contributed by atoms with E-state index in [1.165, 1.54) is 18.2 Å². The second-order valence-corrected chi connectivity index (χ2v) is 10.2. The molecule has 0 aliphatic rings. The highest BCUT2D eigenvalue weighted by molar-refractivity contribution is 7.89. The highest BCUT2D eigenvalue weighted by Crippen LogP contribution is 2.25. The molecule has 0 fully saturated rings. The summed E-state index contributed by atoms with van der Waals surface area (Å²) in [6, 6.07) is 2.66. The molecule has 0 unspecified atom stereocenters. The molecule has 0 heterocycles. The average molecular weight is 426 g/mol. The van der Waals surface area contributed by atoms with Crippen LogP contribution in [0.25, 0.3) is 0 Å². The predicted octanol–water partition coefficient (Wildman–Crippen LogP) is 3.80. The van der Waals surface area contributed by atoms with Crippen molar-refractivity contribution in [1.82, 2.24) is 4.72 Å². The number of hydrogen-bond donors (Lipinski definition) is 1. The van der Waals surface area contributed by atoms with Crippen LogP contribution < -0.4 is 4.72 Å². The number of nitrogens with one attached hydrogen (secondary N) is 1. The highest BCUT2D eigenvalue weighted by Gasteiger charge is 2.31. The summed E-state index contributed by atoms with van der Waals surface area (Å²) in [5, 5.41) is 0.319. The van der Waals surface area contributed by atoms with Crippen molar-refractivity contribution in [2.45, 2.75) is 63.7 Å². The van der Waals surface area contributed by atoms with Gasteiger partial charge in [0.15, 0.2) is 0 Å². The first kappa shape index (κ1) is 23.2. The third kappa shape index (κ3) is 7.80. The van der Waals surface area contributed by atoms with Crippen LogP contribution in [0.5, 0.6) is 0 Å². The van der Waals surface area contributed by atoms with Crippen LogP contribution in [0.4, 0.5) is 0 Å². The van der Waals surface area contributed by atoms with Gasteiger partial charge in [-0.2, -0.15) is 4.72 Å². The number of carbonyl (C=O) groups is 1. The molecule has 0 aliphatic heterocycles. The van der Waals surface area contributed by atoms with Gasteiger partial charge in [0.1, 0.15) is 11.6 Å². The molecular formula is C17H25Cl2NO5S. The second-order valence-electron chi connectivity index (χ2n) is 7.71. The molecular weight excluding hydrogens is 401 g/mol. The number of rotatable bonds is 6. The minimum atomic E-state index is -4.04. The third-order valence-electron chi connectivity index (χ3n) is 2.87. The van der Waals surface area contributed by atoms with Crippen LogP contribution in [-0.4, -0.2) is 38.2 Å². The minimum Gasteiger partial charge on any atom is -0.459 e. The Morgan fingerprint density at radius 3 is 2.12 bits per heavy atom. The summed E-state index contributed by atoms with van der Waals surface area (Å²) in [4.78, 5) is 12.3. The summed E-state index contributed by atoms with van der Waals surface area (Å²) >= 11 is 11.7. The topological polar surface area (TPSA) is 81.7 Å². The Kier molecular flexibility index (Phi) is 7.52. The summed E-state index contributed by atoms with van der Waals surface area (Å²) < 4.78 is 38.4. The molecule has 0 radical (unpaired) electrons. The molecule has 1 aromatic rings. The normalized spacial score (nSPS) is 14.2. The van der Waals surface area contributed by atoms with Gasteiger partial charge in [0, 0.05) is 0 Å². The van der Waals surface area contributed by atoms with Crippen molar-refractivity contribution in [2.75, 3.05) is 6.61 Å². The smallest absolute Gasteiger partial charge is 0.327 e. The number of sulfonamides is 1. The maximum absolute atomic E-state index is 12.6. The Morgan fingerprint density at radius 2 is 1.65 bits per heavy atom. The number of carbonyl (C=O) groups excluding carboxylic acids is 1. The molecule has 1 atom stereocenters. The predicted molar refractivity (Wildman–Crippen MR) is 102 cm³/mol. The van der Waals surface area contributed by atoms with E-state index >= 15 is 0 Å². The van der Waals surface area contributed by atoms with E-state index in [4.69, 9.17) is 32.7 Å². The largest absolute Gasteiger partial charge is 0.459 e. The van der Waals surface area contributed by atoms with Gasteiger partial charge in [-0.25, -0.2) is 8.42 Å². The van der Waals surface area contributed by atoms with Crippen molar-refractivity contribution >= 4 is 39.2 Å². The third-order valence-corrected chi connectivity index (χ3v) is 5.08. The summed E-state index contributed by atoms with van der Waals surface area (Å²) in [7, 11) is -4.04. The summed E-state index contributed by atoms with van der Waals surface area (Å²) in [6.45, 7) is 10.3. The molecule has 0 aromatic heterocycles. The maximum atomic E-state index is 12.6. The highest BCUT2D eigenvalue weighted by atomic mass is 35.5. The second kappa shape index (κ2) is 8.44. The van der Waals surface area contributed by atoms with E-state index in [1.807, 2.05) is 0 Å². The standard InChI is InChI=1S/C17H25Cl2NO5S/c1-16(2,3)24-10-14(15(21)25-17(4,5)6)20-26(22,23)11-7-8-12(18)13(19)9-11/h7-9,14,20H,10H2,1-6H3/t14-/m0/s1. The lowest BCUT2D eigenvalue weighted by Gasteiger charge is -2.27. The zero-order valence-electron chi connectivity index (χ0n) is 15.7. The van der Waals surface area contributed by atoms with E-state index in [-0.39, 0.29) is 21.5 Å². The number of halogens is 2. The van der Waals surface area contributed by atoms with Crippen molar-refractivity contribution in [3.05, 3.63) is 28.2 Å². The van der Waals surface area contributed by atoms with Gasteiger partial charge in [0.25, 0.3) is 0 Å². The molecule has 1 N–H and O–H groups in total. The van der Waals surface area contributed by atoms with Gasteiger partial charge in [0.2, 0.25) is 10.0 Å². The lowest BCUT2D eigenvalue weighted by Crippen LogP contribution is -2.48. The summed E-state index contributed by atoms with van der Waals surface area (Å²) in [5.74, 6) is -0.731. The zero-order valence-corrected chi connectivity index (χ0v) is 18.1. The van der Waals surface area contributed by atoms with Crippen molar-refractivity contribution in [1.29, 1.82) is 0 Å². The first-order chi connectivity index (χ1) is 11.6. The fraction of sp³-hybridized carbons (Fsp3) is 0.588. The van der Waals surface area contributed by atoms with Gasteiger partial charge in [-0.3, -0.25) is 4.79 Å². The average Bonchev–Trinajstić information content (AvgIpc) is 2.43. The van der Waals surface area contributed by atoms with Crippen LogP contribution >= 0.6 is 23.2 Å². The molecule has 26 heavy (non-hydrogen) atoms. The minimum absolute atomic E-state index is 0.0919. The van der Waals surface area contributed by atoms with Crippen LogP contribution in [0, 0.1) is 0 Å². The Balaban J connectivity index is 3.08. The SMILES string of the molecule is CC(C)(C)OC[C@H](NS(=O)(=O)c1ccc(Cl)c(Cl)c1)C(=O)OC(C)(C)C. The van der Waals surface area contributed by atoms with Crippen molar-refractivity contribution < 1.29 is 22.7 Å². The van der Waals surface area contributed by atoms with Gasteiger partial charge >= 0.3 is 5.97 Å². The molecule has 0 saturated carbocycles. The van der Waals surface area contributed by atoms with Gasteiger partial charge in [-0.05, 0) is 59.7 Å². The summed E-state index contributed by atoms with van der Waals surface area (Å²) in [6.07, 6.45) is 0. The van der Waals surface area contributed by atoms with Crippen LogP contribution in [-0.2, 0) is 24.3 Å². The molecule has 6 nitrogen and oxygen atoms in total. The van der Waals surface area contributed by atoms with E-state index in [1.54, 1.807) is 41.5 Å². The lowest BCUT2D eigenvalue weighted by atomic mass is 10.2. The first-order valence-electron chi connectivity index (χ1n) is 7.95. The molecule has 0 saturated heterocycles. The van der Waals surface area contributed by atoms with E-state index < -0.39 is 33.2 Å². The van der Waals surface area contributed by atoms with Gasteiger partial charge < -0.3 is 9.47 Å². The number of benzene rings is 1. The Labute approximate surface area is 165 Å². The van der Waals surface area contributed by atoms with Gasteiger partial charge in [-0.1, -0.05) is 23.2 Å². The summed E-state index contributed by atoms with van der Waals surface area (Å²) in [5.41, 5.74) is -1.33. The van der Waals surface area contributed by atoms with Crippen molar-refractivity contribution in [3.8, 4) is 0 Å². The van der Waals surface area contributed by atoms with Crippen LogP contribution in [0.15, 0.2) is 23.1 Å². The Hall–Kier alpha value is -0.860. The lowest BCUT2D eigenvalue weighted by molar-refractivity contribution is -0.159. The van der Waals surface area contributed by atoms with Crippen molar-refractivity contribution in [3.63, 3.8) is 0 Å². The Bertz CT molecular complexity index is 751. The van der Waals surface area contributed by atoms with Crippen LogP contribution in [0.3, 0.4) is 0 Å². The van der Waals surface area contributed by atoms with E-state index in [9.17, 15) is 13.2 Å². The van der Waals surface area contributed by atoms with Crippen LogP contribution in [0.1, 0.15) is 41.5 Å². The zero-order chi connectivity index (χ0) is 20.3. The number of hydrogen-bond acceptors (Lipinski definition) is 5. The maximum Gasteiger partial charge on any atom is 0.327 e. The molecule has 0 amide bonds. The van der Waals surface area contributed by atoms with E-state index in [0.717, 1.165) is 0 Å². The van der Waals surface area contributed by atoms with E-state index in [0.29, 0.717) is 0 Å². The fourth-order valence-electron chi connectivity index (χ4n) is 1.76.